The van der Waals surface area contributed by atoms with Crippen LogP contribution in [0.2, 0.25) is 0 Å². The standard InChI is InChI=1S/C18H19N3O/c1-3-21-13-16(15-11-7-8-12-17(15)21)19-18(22)20(2)14-9-5-4-6-10-14/h4-13H,3H2,1-2H3,(H,19,22). The van der Waals surface area contributed by atoms with Gasteiger partial charge in [-0.15, -0.1) is 0 Å². The highest BCUT2D eigenvalue weighted by Gasteiger charge is 2.14. The molecule has 0 atom stereocenters. The zero-order valence-electron chi connectivity index (χ0n) is 12.8. The number of hydrogen-bond donors (Lipinski definition) is 1. The van der Waals surface area contributed by atoms with Gasteiger partial charge in [0.1, 0.15) is 0 Å². The number of benzene rings is 2. The minimum Gasteiger partial charge on any atom is -0.346 e. The minimum atomic E-state index is -0.148. The normalized spacial score (nSPS) is 10.6. The average Bonchev–Trinajstić information content (AvgIpc) is 2.93. The highest BCUT2D eigenvalue weighted by atomic mass is 16.2. The molecule has 0 saturated carbocycles. The Morgan fingerprint density at radius 3 is 2.50 bits per heavy atom. The van der Waals surface area contributed by atoms with Crippen molar-refractivity contribution in [1.29, 1.82) is 0 Å². The smallest absolute Gasteiger partial charge is 0.326 e. The third kappa shape index (κ3) is 2.55. The summed E-state index contributed by atoms with van der Waals surface area (Å²) < 4.78 is 2.13. The van der Waals surface area contributed by atoms with Gasteiger partial charge in [-0.2, -0.15) is 0 Å². The molecule has 4 heteroatoms. The lowest BCUT2D eigenvalue weighted by molar-refractivity contribution is 0.258. The second-order valence-corrected chi connectivity index (χ2v) is 5.17. The fourth-order valence-electron chi connectivity index (χ4n) is 2.58. The molecule has 0 saturated heterocycles. The molecule has 3 rings (SSSR count). The number of urea groups is 1. The molecule has 0 fully saturated rings. The average molecular weight is 293 g/mol. The Hall–Kier alpha value is -2.75. The van der Waals surface area contributed by atoms with Crippen LogP contribution in [0, 0.1) is 0 Å². The van der Waals surface area contributed by atoms with Crippen LogP contribution in [0.15, 0.2) is 60.8 Å². The van der Waals surface area contributed by atoms with Crippen LogP contribution in [0.4, 0.5) is 16.2 Å². The van der Waals surface area contributed by atoms with E-state index in [0.29, 0.717) is 0 Å². The van der Waals surface area contributed by atoms with Crippen molar-refractivity contribution in [2.45, 2.75) is 13.5 Å². The molecule has 0 unspecified atom stereocenters. The lowest BCUT2D eigenvalue weighted by Gasteiger charge is -2.17. The zero-order chi connectivity index (χ0) is 15.5. The van der Waals surface area contributed by atoms with Crippen molar-refractivity contribution >= 4 is 28.3 Å². The molecule has 0 bridgehead atoms. The first-order chi connectivity index (χ1) is 10.7. The van der Waals surface area contributed by atoms with E-state index in [9.17, 15) is 4.79 Å². The predicted molar refractivity (Wildman–Crippen MR) is 91.5 cm³/mol. The van der Waals surface area contributed by atoms with Crippen molar-refractivity contribution in [3.05, 3.63) is 60.8 Å². The van der Waals surface area contributed by atoms with Crippen molar-refractivity contribution in [2.24, 2.45) is 0 Å². The van der Waals surface area contributed by atoms with Crippen molar-refractivity contribution in [2.75, 3.05) is 17.3 Å². The molecule has 1 aromatic heterocycles. The number of amides is 2. The third-order valence-electron chi connectivity index (χ3n) is 3.82. The maximum Gasteiger partial charge on any atom is 0.326 e. The van der Waals surface area contributed by atoms with Crippen molar-refractivity contribution in [1.82, 2.24) is 4.57 Å². The maximum atomic E-state index is 12.5. The molecule has 0 aliphatic rings. The van der Waals surface area contributed by atoms with E-state index >= 15 is 0 Å². The summed E-state index contributed by atoms with van der Waals surface area (Å²) in [5.74, 6) is 0. The Bertz CT molecular complexity index is 792. The monoisotopic (exact) mass is 293 g/mol. The summed E-state index contributed by atoms with van der Waals surface area (Å²) in [4.78, 5) is 14.1. The number of aryl methyl sites for hydroxylation is 1. The summed E-state index contributed by atoms with van der Waals surface area (Å²) in [6, 6.07) is 17.5. The van der Waals surface area contributed by atoms with Gasteiger partial charge in [0.15, 0.2) is 0 Å². The first-order valence-electron chi connectivity index (χ1n) is 7.38. The topological polar surface area (TPSA) is 37.3 Å². The van der Waals surface area contributed by atoms with Crippen LogP contribution < -0.4 is 10.2 Å². The molecule has 0 spiro atoms. The Kier molecular flexibility index (Phi) is 3.83. The number of anilines is 2. The molecule has 3 aromatic rings. The van der Waals surface area contributed by atoms with Crippen LogP contribution in [0.1, 0.15) is 6.92 Å². The van der Waals surface area contributed by atoms with Gasteiger partial charge in [0.25, 0.3) is 0 Å². The largest absolute Gasteiger partial charge is 0.346 e. The molecule has 0 aliphatic carbocycles. The lowest BCUT2D eigenvalue weighted by Crippen LogP contribution is -2.30. The summed E-state index contributed by atoms with van der Waals surface area (Å²) in [5, 5.41) is 4.06. The molecule has 0 radical (unpaired) electrons. The number of rotatable bonds is 3. The first kappa shape index (κ1) is 14.2. The fourth-order valence-corrected chi connectivity index (χ4v) is 2.58. The molecule has 2 aromatic carbocycles. The number of nitrogens with zero attached hydrogens (tertiary/aromatic N) is 2. The molecular formula is C18H19N3O. The molecule has 2 amide bonds. The summed E-state index contributed by atoms with van der Waals surface area (Å²) in [6.07, 6.45) is 1.99. The number of carbonyl (C=O) groups excluding carboxylic acids is 1. The van der Waals surface area contributed by atoms with Crippen LogP contribution in [-0.4, -0.2) is 17.6 Å². The van der Waals surface area contributed by atoms with Crippen molar-refractivity contribution in [3.8, 4) is 0 Å². The lowest BCUT2D eigenvalue weighted by atomic mass is 10.2. The van der Waals surface area contributed by atoms with Crippen molar-refractivity contribution in [3.63, 3.8) is 0 Å². The Labute approximate surface area is 130 Å². The van der Waals surface area contributed by atoms with E-state index in [1.54, 1.807) is 11.9 Å². The van der Waals surface area contributed by atoms with Crippen LogP contribution in [-0.2, 0) is 6.54 Å². The summed E-state index contributed by atoms with van der Waals surface area (Å²) in [6.45, 7) is 2.96. The van der Waals surface area contributed by atoms with Gasteiger partial charge in [0.05, 0.1) is 11.2 Å². The fraction of sp³-hybridized carbons (Fsp3) is 0.167. The molecule has 4 nitrogen and oxygen atoms in total. The summed E-state index contributed by atoms with van der Waals surface area (Å²) in [7, 11) is 1.77. The number of carbonyl (C=O) groups is 1. The number of fused-ring (bicyclic) bond motifs is 1. The van der Waals surface area contributed by atoms with E-state index in [1.807, 2.05) is 54.7 Å². The molecule has 112 valence electrons. The van der Waals surface area contributed by atoms with E-state index in [-0.39, 0.29) is 6.03 Å². The van der Waals surface area contributed by atoms with Gasteiger partial charge in [-0.3, -0.25) is 4.90 Å². The molecular weight excluding hydrogens is 274 g/mol. The van der Waals surface area contributed by atoms with E-state index in [2.05, 4.69) is 22.9 Å². The van der Waals surface area contributed by atoms with Crippen LogP contribution in [0.25, 0.3) is 10.9 Å². The zero-order valence-corrected chi connectivity index (χ0v) is 12.8. The van der Waals surface area contributed by atoms with E-state index < -0.39 is 0 Å². The van der Waals surface area contributed by atoms with E-state index in [0.717, 1.165) is 28.8 Å². The van der Waals surface area contributed by atoms with Gasteiger partial charge in [-0.25, -0.2) is 4.79 Å². The van der Waals surface area contributed by atoms with Crippen LogP contribution in [0.3, 0.4) is 0 Å². The van der Waals surface area contributed by atoms with Gasteiger partial charge in [0, 0.05) is 30.9 Å². The summed E-state index contributed by atoms with van der Waals surface area (Å²) >= 11 is 0. The highest BCUT2D eigenvalue weighted by Crippen LogP contribution is 2.26. The first-order valence-corrected chi connectivity index (χ1v) is 7.38. The van der Waals surface area contributed by atoms with E-state index in [1.165, 1.54) is 0 Å². The minimum absolute atomic E-state index is 0.148. The second-order valence-electron chi connectivity index (χ2n) is 5.17. The SMILES string of the molecule is CCn1cc(NC(=O)N(C)c2ccccc2)c2ccccc21. The van der Waals surface area contributed by atoms with E-state index in [4.69, 9.17) is 0 Å². The number of para-hydroxylation sites is 2. The van der Waals surface area contributed by atoms with Gasteiger partial charge in [0.2, 0.25) is 0 Å². The molecule has 1 N–H and O–H groups in total. The Balaban J connectivity index is 1.88. The van der Waals surface area contributed by atoms with Gasteiger partial charge in [-0.05, 0) is 25.1 Å². The number of aromatic nitrogens is 1. The highest BCUT2D eigenvalue weighted by molar-refractivity contribution is 6.07. The molecule has 1 heterocycles. The Morgan fingerprint density at radius 1 is 1.09 bits per heavy atom. The summed E-state index contributed by atoms with van der Waals surface area (Å²) in [5.41, 5.74) is 2.83. The maximum absolute atomic E-state index is 12.5. The van der Waals surface area contributed by atoms with Gasteiger partial charge < -0.3 is 9.88 Å². The van der Waals surface area contributed by atoms with Crippen LogP contribution in [0.5, 0.6) is 0 Å². The van der Waals surface area contributed by atoms with Crippen LogP contribution >= 0.6 is 0 Å². The second kappa shape index (κ2) is 5.93. The van der Waals surface area contributed by atoms with Gasteiger partial charge >= 0.3 is 6.03 Å². The quantitative estimate of drug-likeness (QED) is 0.766. The number of hydrogen-bond acceptors (Lipinski definition) is 1. The Morgan fingerprint density at radius 2 is 1.77 bits per heavy atom. The van der Waals surface area contributed by atoms with Gasteiger partial charge in [-0.1, -0.05) is 36.4 Å². The molecule has 22 heavy (non-hydrogen) atoms. The molecule has 0 aliphatic heterocycles. The number of nitrogens with one attached hydrogen (secondary N) is 1. The predicted octanol–water partition coefficient (Wildman–Crippen LogP) is 4.33. The van der Waals surface area contributed by atoms with Crippen molar-refractivity contribution < 1.29 is 4.79 Å². The third-order valence-corrected chi connectivity index (χ3v) is 3.82.